The van der Waals surface area contributed by atoms with Gasteiger partial charge in [-0.15, -0.1) is 0 Å². The van der Waals surface area contributed by atoms with Crippen LogP contribution in [-0.2, 0) is 4.74 Å². The second-order valence-electron chi connectivity index (χ2n) is 7.06. The average Bonchev–Trinajstić information content (AvgIpc) is 3.54. The minimum atomic E-state index is -0.449. The molecule has 0 spiro atoms. The van der Waals surface area contributed by atoms with Gasteiger partial charge in [0, 0.05) is 25.7 Å². The predicted molar refractivity (Wildman–Crippen MR) is 105 cm³/mol. The third kappa shape index (κ3) is 4.55. The van der Waals surface area contributed by atoms with E-state index < -0.39 is 4.92 Å². The molecule has 1 atom stereocenters. The zero-order chi connectivity index (χ0) is 19.3. The van der Waals surface area contributed by atoms with Gasteiger partial charge < -0.3 is 15.4 Å². The number of aromatic nitrogens is 2. The van der Waals surface area contributed by atoms with Crippen molar-refractivity contribution in [3.63, 3.8) is 0 Å². The van der Waals surface area contributed by atoms with Gasteiger partial charge in [0.25, 0.3) is 0 Å². The highest BCUT2D eigenvalue weighted by Gasteiger charge is 2.27. The molecule has 2 heterocycles. The first-order valence-electron chi connectivity index (χ1n) is 9.59. The SMILES string of the molecule is O=[N+]([O-])c1cnc(NCC(c2ccccc2)N2CCOCC2)nc1NC1CC1. The molecule has 1 saturated carbocycles. The van der Waals surface area contributed by atoms with Crippen molar-refractivity contribution < 1.29 is 9.66 Å². The van der Waals surface area contributed by atoms with Crippen LogP contribution in [0, 0.1) is 10.1 Å². The summed E-state index contributed by atoms with van der Waals surface area (Å²) < 4.78 is 5.48. The van der Waals surface area contributed by atoms with Crippen molar-refractivity contribution in [1.29, 1.82) is 0 Å². The smallest absolute Gasteiger partial charge is 0.329 e. The van der Waals surface area contributed by atoms with Crippen LogP contribution in [0.4, 0.5) is 17.5 Å². The van der Waals surface area contributed by atoms with E-state index >= 15 is 0 Å². The lowest BCUT2D eigenvalue weighted by Crippen LogP contribution is -2.41. The molecule has 0 amide bonds. The molecular weight excluding hydrogens is 360 g/mol. The number of anilines is 2. The van der Waals surface area contributed by atoms with Gasteiger partial charge in [-0.3, -0.25) is 15.0 Å². The summed E-state index contributed by atoms with van der Waals surface area (Å²) in [5.74, 6) is 0.676. The van der Waals surface area contributed by atoms with Gasteiger partial charge in [0.1, 0.15) is 6.20 Å². The van der Waals surface area contributed by atoms with Crippen molar-refractivity contribution in [3.8, 4) is 0 Å². The van der Waals surface area contributed by atoms with Crippen molar-refractivity contribution in [1.82, 2.24) is 14.9 Å². The van der Waals surface area contributed by atoms with Crippen LogP contribution >= 0.6 is 0 Å². The Morgan fingerprint density at radius 1 is 1.25 bits per heavy atom. The van der Waals surface area contributed by atoms with Gasteiger partial charge in [0.05, 0.1) is 24.2 Å². The van der Waals surface area contributed by atoms with E-state index in [0.717, 1.165) is 25.9 Å². The third-order valence-electron chi connectivity index (χ3n) is 5.01. The molecule has 4 rings (SSSR count). The minimum Gasteiger partial charge on any atom is -0.379 e. The maximum absolute atomic E-state index is 11.2. The van der Waals surface area contributed by atoms with Crippen LogP contribution in [0.1, 0.15) is 24.4 Å². The molecule has 1 aliphatic heterocycles. The second kappa shape index (κ2) is 8.49. The number of benzene rings is 1. The Bertz CT molecular complexity index is 809. The summed E-state index contributed by atoms with van der Waals surface area (Å²) in [7, 11) is 0. The van der Waals surface area contributed by atoms with Crippen molar-refractivity contribution in [2.24, 2.45) is 0 Å². The van der Waals surface area contributed by atoms with E-state index in [1.54, 1.807) is 0 Å². The lowest BCUT2D eigenvalue weighted by molar-refractivity contribution is -0.384. The Balaban J connectivity index is 1.50. The molecule has 9 nitrogen and oxygen atoms in total. The fourth-order valence-corrected chi connectivity index (χ4v) is 3.33. The summed E-state index contributed by atoms with van der Waals surface area (Å²) in [6.07, 6.45) is 3.29. The number of nitrogens with zero attached hydrogens (tertiary/aromatic N) is 4. The number of rotatable bonds is 8. The molecule has 1 saturated heterocycles. The molecule has 0 bridgehead atoms. The zero-order valence-corrected chi connectivity index (χ0v) is 15.6. The van der Waals surface area contributed by atoms with Crippen molar-refractivity contribution >= 4 is 17.5 Å². The number of hydrogen-bond acceptors (Lipinski definition) is 8. The number of hydrogen-bond donors (Lipinski definition) is 2. The predicted octanol–water partition coefficient (Wildman–Crippen LogP) is 2.44. The van der Waals surface area contributed by atoms with Crippen molar-refractivity contribution in [2.75, 3.05) is 43.5 Å². The van der Waals surface area contributed by atoms with Crippen molar-refractivity contribution in [2.45, 2.75) is 24.9 Å². The standard InChI is InChI=1S/C19H24N6O3/c26-25(27)17-13-21-19(23-18(17)22-15-6-7-15)20-12-16(14-4-2-1-3-5-14)24-8-10-28-11-9-24/h1-5,13,15-16H,6-12H2,(H2,20,21,22,23). The first-order chi connectivity index (χ1) is 13.7. The number of ether oxygens (including phenoxy) is 1. The van der Waals surface area contributed by atoms with Crippen LogP contribution < -0.4 is 10.6 Å². The van der Waals surface area contributed by atoms with Crippen LogP contribution in [0.5, 0.6) is 0 Å². The third-order valence-corrected chi connectivity index (χ3v) is 5.01. The van der Waals surface area contributed by atoms with Crippen LogP contribution in [0.25, 0.3) is 0 Å². The molecule has 9 heteroatoms. The summed E-state index contributed by atoms with van der Waals surface area (Å²) >= 11 is 0. The molecule has 1 aromatic heterocycles. The van der Waals surface area contributed by atoms with Gasteiger partial charge >= 0.3 is 5.69 Å². The van der Waals surface area contributed by atoms with Gasteiger partial charge in [-0.1, -0.05) is 30.3 Å². The molecule has 0 radical (unpaired) electrons. The maximum Gasteiger partial charge on any atom is 0.329 e. The second-order valence-corrected chi connectivity index (χ2v) is 7.06. The highest BCUT2D eigenvalue weighted by Crippen LogP contribution is 2.30. The highest BCUT2D eigenvalue weighted by atomic mass is 16.6. The molecule has 2 fully saturated rings. The average molecular weight is 384 g/mol. The molecule has 2 aromatic rings. The Kier molecular flexibility index (Phi) is 5.63. The zero-order valence-electron chi connectivity index (χ0n) is 15.6. The Hall–Kier alpha value is -2.78. The molecule has 2 aliphatic rings. The van der Waals surface area contributed by atoms with E-state index in [9.17, 15) is 10.1 Å². The molecule has 28 heavy (non-hydrogen) atoms. The number of morpholine rings is 1. The fourth-order valence-electron chi connectivity index (χ4n) is 3.33. The first-order valence-corrected chi connectivity index (χ1v) is 9.59. The molecule has 1 aromatic carbocycles. The van der Waals surface area contributed by atoms with Crippen molar-refractivity contribution in [3.05, 3.63) is 52.2 Å². The maximum atomic E-state index is 11.2. The van der Waals surface area contributed by atoms with E-state index in [4.69, 9.17) is 4.74 Å². The van der Waals surface area contributed by atoms with E-state index in [0.29, 0.717) is 25.7 Å². The largest absolute Gasteiger partial charge is 0.379 e. The Morgan fingerprint density at radius 2 is 2.00 bits per heavy atom. The summed E-state index contributed by atoms with van der Waals surface area (Å²) in [5, 5.41) is 17.6. The molecule has 2 N–H and O–H groups in total. The first kappa shape index (κ1) is 18.6. The number of nitro groups is 1. The summed E-state index contributed by atoms with van der Waals surface area (Å²) in [6.45, 7) is 3.75. The van der Waals surface area contributed by atoms with Gasteiger partial charge in [-0.2, -0.15) is 4.98 Å². The van der Waals surface area contributed by atoms with Crippen LogP contribution in [0.3, 0.4) is 0 Å². The molecular formula is C19H24N6O3. The van der Waals surface area contributed by atoms with E-state index in [1.807, 2.05) is 18.2 Å². The van der Waals surface area contributed by atoms with Gasteiger partial charge in [0.2, 0.25) is 11.8 Å². The lowest BCUT2D eigenvalue weighted by Gasteiger charge is -2.34. The van der Waals surface area contributed by atoms with Gasteiger partial charge in [-0.25, -0.2) is 4.98 Å². The van der Waals surface area contributed by atoms with Gasteiger partial charge in [0.15, 0.2) is 0 Å². The molecule has 148 valence electrons. The highest BCUT2D eigenvalue weighted by molar-refractivity contribution is 5.58. The van der Waals surface area contributed by atoms with E-state index in [2.05, 4.69) is 37.6 Å². The monoisotopic (exact) mass is 384 g/mol. The van der Waals surface area contributed by atoms with Crippen LogP contribution in [0.15, 0.2) is 36.5 Å². The lowest BCUT2D eigenvalue weighted by atomic mass is 10.0. The minimum absolute atomic E-state index is 0.0924. The van der Waals surface area contributed by atoms with E-state index in [1.165, 1.54) is 11.8 Å². The number of nitrogens with one attached hydrogen (secondary N) is 2. The summed E-state index contributed by atoms with van der Waals surface area (Å²) in [4.78, 5) is 21.7. The molecule has 1 aliphatic carbocycles. The summed E-state index contributed by atoms with van der Waals surface area (Å²) in [5.41, 5.74) is 1.11. The Labute approximate surface area is 163 Å². The van der Waals surface area contributed by atoms with Gasteiger partial charge in [-0.05, 0) is 18.4 Å². The topological polar surface area (TPSA) is 105 Å². The summed E-state index contributed by atoms with van der Waals surface area (Å²) in [6, 6.07) is 10.7. The molecule has 1 unspecified atom stereocenters. The fraction of sp³-hybridized carbons (Fsp3) is 0.474. The normalized spacial score (nSPS) is 18.4. The quantitative estimate of drug-likeness (QED) is 0.528. The van der Waals surface area contributed by atoms with Crippen LogP contribution in [-0.4, -0.2) is 58.7 Å². The van der Waals surface area contributed by atoms with E-state index in [-0.39, 0.29) is 23.6 Å². The van der Waals surface area contributed by atoms with Crippen LogP contribution in [0.2, 0.25) is 0 Å². The Morgan fingerprint density at radius 3 is 2.68 bits per heavy atom.